The Balaban J connectivity index is 1.39. The molecule has 1 N–H and O–H groups in total. The highest BCUT2D eigenvalue weighted by Gasteiger charge is 2.15. The first-order chi connectivity index (χ1) is 16.6. The number of fused-ring (bicyclic) bond motifs is 1. The molecule has 0 unspecified atom stereocenters. The van der Waals surface area contributed by atoms with Crippen LogP contribution in [-0.4, -0.2) is 26.1 Å². The molecule has 0 bridgehead atoms. The molecule has 0 saturated heterocycles. The zero-order valence-electron chi connectivity index (χ0n) is 18.6. The van der Waals surface area contributed by atoms with E-state index in [1.807, 2.05) is 49.4 Å². The Morgan fingerprint density at radius 1 is 0.971 bits per heavy atom. The number of carbonyl (C=O) groups excluding carboxylic acids is 1. The number of nitrogens with one attached hydrogen (secondary N) is 1. The Kier molecular flexibility index (Phi) is 5.70. The third-order valence-corrected chi connectivity index (χ3v) is 5.43. The molecule has 2 aromatic carbocycles. The van der Waals surface area contributed by atoms with Crippen LogP contribution in [0.5, 0.6) is 11.5 Å². The fraction of sp³-hybridized carbons (Fsp3) is 0.115. The number of aromatic nitrogens is 4. The van der Waals surface area contributed by atoms with Crippen molar-refractivity contribution >= 4 is 16.8 Å². The highest BCUT2D eigenvalue weighted by molar-refractivity contribution is 5.96. The molecule has 0 fully saturated rings. The van der Waals surface area contributed by atoms with E-state index in [0.29, 0.717) is 35.4 Å². The zero-order chi connectivity index (χ0) is 23.5. The molecule has 1 amide bonds. The molecule has 0 saturated carbocycles. The van der Waals surface area contributed by atoms with Crippen molar-refractivity contribution in [3.05, 3.63) is 95.8 Å². The van der Waals surface area contributed by atoms with E-state index >= 15 is 0 Å². The van der Waals surface area contributed by atoms with E-state index in [2.05, 4.69) is 25.5 Å². The topological polar surface area (TPSA) is 103 Å². The van der Waals surface area contributed by atoms with E-state index < -0.39 is 0 Å². The number of ether oxygens (including phenoxy) is 1. The van der Waals surface area contributed by atoms with Crippen LogP contribution >= 0.6 is 0 Å². The molecule has 0 radical (unpaired) electrons. The Hall–Kier alpha value is -4.59. The van der Waals surface area contributed by atoms with Gasteiger partial charge in [-0.3, -0.25) is 14.8 Å². The summed E-state index contributed by atoms with van der Waals surface area (Å²) >= 11 is 0. The van der Waals surface area contributed by atoms with Gasteiger partial charge in [0.05, 0.1) is 5.52 Å². The number of amides is 1. The van der Waals surface area contributed by atoms with Gasteiger partial charge in [0.25, 0.3) is 5.91 Å². The van der Waals surface area contributed by atoms with E-state index in [4.69, 9.17) is 9.15 Å². The van der Waals surface area contributed by atoms with Crippen LogP contribution in [0.25, 0.3) is 22.4 Å². The number of hydrogen-bond donors (Lipinski definition) is 1. The number of benzene rings is 2. The number of hydrogen-bond acceptors (Lipinski definition) is 7. The average molecular weight is 451 g/mol. The quantitative estimate of drug-likeness (QED) is 0.387. The molecule has 0 aliphatic carbocycles. The lowest BCUT2D eigenvalue weighted by molar-refractivity contribution is 0.0950. The predicted octanol–water partition coefficient (Wildman–Crippen LogP) is 5.02. The van der Waals surface area contributed by atoms with Crippen molar-refractivity contribution in [2.45, 2.75) is 20.4 Å². The first-order valence-electron chi connectivity index (χ1n) is 10.7. The van der Waals surface area contributed by atoms with Crippen LogP contribution in [0.15, 0.2) is 77.6 Å². The second-order valence-electron chi connectivity index (χ2n) is 7.74. The maximum Gasteiger partial charge on any atom is 0.251 e. The monoisotopic (exact) mass is 451 g/mol. The molecular formula is C26H21N5O3. The van der Waals surface area contributed by atoms with E-state index in [-0.39, 0.29) is 5.91 Å². The summed E-state index contributed by atoms with van der Waals surface area (Å²) in [5, 5.41) is 11.7. The fourth-order valence-electron chi connectivity index (χ4n) is 3.62. The Morgan fingerprint density at radius 3 is 2.62 bits per heavy atom. The maximum atomic E-state index is 12.8. The molecule has 34 heavy (non-hydrogen) atoms. The van der Waals surface area contributed by atoms with Gasteiger partial charge in [-0.05, 0) is 61.0 Å². The minimum Gasteiger partial charge on any atom is -0.456 e. The van der Waals surface area contributed by atoms with Crippen LogP contribution in [-0.2, 0) is 6.54 Å². The highest BCUT2D eigenvalue weighted by Crippen LogP contribution is 2.33. The van der Waals surface area contributed by atoms with E-state index in [0.717, 1.165) is 27.6 Å². The third kappa shape index (κ3) is 4.33. The second-order valence-corrected chi connectivity index (χ2v) is 7.74. The summed E-state index contributed by atoms with van der Waals surface area (Å²) in [5.41, 5.74) is 3.79. The van der Waals surface area contributed by atoms with E-state index in [1.54, 1.807) is 37.6 Å². The van der Waals surface area contributed by atoms with Gasteiger partial charge in [0.1, 0.15) is 11.5 Å². The normalized spacial score (nSPS) is 10.9. The molecule has 3 aromatic heterocycles. The van der Waals surface area contributed by atoms with Crippen LogP contribution in [0, 0.1) is 13.8 Å². The number of rotatable bonds is 6. The van der Waals surface area contributed by atoms with Crippen molar-refractivity contribution < 1.29 is 13.9 Å². The fourth-order valence-corrected chi connectivity index (χ4v) is 3.62. The molecule has 8 nitrogen and oxygen atoms in total. The lowest BCUT2D eigenvalue weighted by atomic mass is 10.1. The predicted molar refractivity (Wildman–Crippen MR) is 126 cm³/mol. The SMILES string of the molecule is Cc1nnc(-c2ccc3c(Oc4cccc(C(=O)NCc5ccncc5)c4C)ccnc3c2)o1. The van der Waals surface area contributed by atoms with E-state index in [1.165, 1.54) is 0 Å². The summed E-state index contributed by atoms with van der Waals surface area (Å²) in [7, 11) is 0. The number of carbonyl (C=O) groups is 1. The number of pyridine rings is 2. The van der Waals surface area contributed by atoms with Gasteiger partial charge in [-0.15, -0.1) is 10.2 Å². The summed E-state index contributed by atoms with van der Waals surface area (Å²) < 4.78 is 11.8. The summed E-state index contributed by atoms with van der Waals surface area (Å²) in [4.78, 5) is 21.3. The molecular weight excluding hydrogens is 430 g/mol. The lowest BCUT2D eigenvalue weighted by Gasteiger charge is -2.14. The van der Waals surface area contributed by atoms with Gasteiger partial charge in [0.2, 0.25) is 11.8 Å². The summed E-state index contributed by atoms with van der Waals surface area (Å²) in [6.45, 7) is 4.04. The van der Waals surface area contributed by atoms with Crippen molar-refractivity contribution in [2.24, 2.45) is 0 Å². The summed E-state index contributed by atoms with van der Waals surface area (Å²) in [6.07, 6.45) is 5.08. The molecule has 5 rings (SSSR count). The maximum absolute atomic E-state index is 12.8. The van der Waals surface area contributed by atoms with Crippen LogP contribution in [0.3, 0.4) is 0 Å². The highest BCUT2D eigenvalue weighted by atomic mass is 16.5. The Bertz CT molecular complexity index is 1480. The van der Waals surface area contributed by atoms with Crippen molar-refractivity contribution in [1.29, 1.82) is 0 Å². The minimum atomic E-state index is -0.168. The number of nitrogens with zero attached hydrogens (tertiary/aromatic N) is 4. The smallest absolute Gasteiger partial charge is 0.251 e. The van der Waals surface area contributed by atoms with Gasteiger partial charge >= 0.3 is 0 Å². The van der Waals surface area contributed by atoms with Crippen molar-refractivity contribution in [2.75, 3.05) is 0 Å². The van der Waals surface area contributed by atoms with Gasteiger partial charge in [0, 0.05) is 54.1 Å². The van der Waals surface area contributed by atoms with Gasteiger partial charge in [-0.2, -0.15) is 0 Å². The molecule has 3 heterocycles. The standard InChI is InChI=1S/C26H21N5O3/c1-16-20(25(32)29-15-18-8-11-27-12-9-18)4-3-5-23(16)34-24-10-13-28-22-14-19(6-7-21(22)24)26-31-30-17(2)33-26/h3-14H,15H2,1-2H3,(H,29,32). The van der Waals surface area contributed by atoms with Gasteiger partial charge in [-0.1, -0.05) is 6.07 Å². The van der Waals surface area contributed by atoms with Crippen LogP contribution < -0.4 is 10.1 Å². The Morgan fingerprint density at radius 2 is 1.82 bits per heavy atom. The van der Waals surface area contributed by atoms with Gasteiger partial charge < -0.3 is 14.5 Å². The molecule has 0 spiro atoms. The Labute approximate surface area is 195 Å². The molecule has 0 aliphatic rings. The van der Waals surface area contributed by atoms with Crippen LogP contribution in [0.1, 0.15) is 27.4 Å². The zero-order valence-corrected chi connectivity index (χ0v) is 18.6. The largest absolute Gasteiger partial charge is 0.456 e. The van der Waals surface area contributed by atoms with Crippen molar-refractivity contribution in [3.63, 3.8) is 0 Å². The summed E-state index contributed by atoms with van der Waals surface area (Å²) in [5.74, 6) is 2.00. The van der Waals surface area contributed by atoms with Crippen LogP contribution in [0.4, 0.5) is 0 Å². The molecule has 0 aliphatic heterocycles. The lowest BCUT2D eigenvalue weighted by Crippen LogP contribution is -2.23. The van der Waals surface area contributed by atoms with E-state index in [9.17, 15) is 4.79 Å². The van der Waals surface area contributed by atoms with Crippen LogP contribution in [0.2, 0.25) is 0 Å². The number of aryl methyl sites for hydroxylation is 1. The molecule has 0 atom stereocenters. The molecule has 5 aromatic rings. The molecule has 8 heteroatoms. The molecule has 168 valence electrons. The second kappa shape index (κ2) is 9.11. The average Bonchev–Trinajstić information content (AvgIpc) is 3.30. The van der Waals surface area contributed by atoms with Crippen molar-refractivity contribution in [3.8, 4) is 23.0 Å². The van der Waals surface area contributed by atoms with Crippen molar-refractivity contribution in [1.82, 2.24) is 25.5 Å². The first kappa shape index (κ1) is 21.3. The minimum absolute atomic E-state index is 0.168. The summed E-state index contributed by atoms with van der Waals surface area (Å²) in [6, 6.07) is 16.7. The van der Waals surface area contributed by atoms with Gasteiger partial charge in [-0.25, -0.2) is 0 Å². The first-order valence-corrected chi connectivity index (χ1v) is 10.7. The van der Waals surface area contributed by atoms with Gasteiger partial charge in [0.15, 0.2) is 0 Å². The third-order valence-electron chi connectivity index (χ3n) is 5.43.